The predicted molar refractivity (Wildman–Crippen MR) is 120 cm³/mol. The molecule has 2 aromatic carbocycles. The van der Waals surface area contributed by atoms with E-state index >= 15 is 0 Å². The first-order valence-corrected chi connectivity index (χ1v) is 10.6. The fraction of sp³-hybridized carbons (Fsp3) is 0.240. The molecule has 2 nitrogen and oxygen atoms in total. The van der Waals surface area contributed by atoms with Gasteiger partial charge in [0.25, 0.3) is 0 Å². The van der Waals surface area contributed by atoms with Crippen molar-refractivity contribution in [2.75, 3.05) is 0 Å². The molecule has 28 heavy (non-hydrogen) atoms. The second-order valence-corrected chi connectivity index (χ2v) is 9.77. The Bertz CT molecular complexity index is 1330. The van der Waals surface area contributed by atoms with Gasteiger partial charge in [-0.25, -0.2) is 0 Å². The van der Waals surface area contributed by atoms with E-state index in [1.54, 1.807) is 11.3 Å². The van der Waals surface area contributed by atoms with Gasteiger partial charge in [0.05, 0.1) is 5.69 Å². The molecular weight excluding hydrogens is 362 g/mol. The molecule has 5 aromatic rings. The van der Waals surface area contributed by atoms with Crippen molar-refractivity contribution in [3.8, 4) is 11.3 Å². The number of nitrogens with zero attached hydrogens (tertiary/aromatic N) is 1. The van der Waals surface area contributed by atoms with Gasteiger partial charge in [-0.2, -0.15) is 0 Å². The molecule has 0 amide bonds. The molecule has 0 atom stereocenters. The lowest BCUT2D eigenvalue weighted by Gasteiger charge is -2.20. The summed E-state index contributed by atoms with van der Waals surface area (Å²) in [4.78, 5) is 4.75. The van der Waals surface area contributed by atoms with Crippen LogP contribution in [0, 0.1) is 12.3 Å². The number of aryl methyl sites for hydroxylation is 1. The lowest BCUT2D eigenvalue weighted by Crippen LogP contribution is -2.10. The minimum atomic E-state index is 0.237. The van der Waals surface area contributed by atoms with E-state index in [4.69, 9.17) is 9.40 Å². The predicted octanol–water partition coefficient (Wildman–Crippen LogP) is 7.76. The van der Waals surface area contributed by atoms with E-state index in [0.29, 0.717) is 0 Å². The van der Waals surface area contributed by atoms with E-state index in [1.807, 2.05) is 6.20 Å². The van der Waals surface area contributed by atoms with Crippen LogP contribution in [0.2, 0.25) is 0 Å². The third-order valence-electron chi connectivity index (χ3n) is 5.28. The van der Waals surface area contributed by atoms with Crippen molar-refractivity contribution in [3.63, 3.8) is 0 Å². The van der Waals surface area contributed by atoms with E-state index in [9.17, 15) is 0 Å². The molecule has 3 heterocycles. The van der Waals surface area contributed by atoms with Gasteiger partial charge in [-0.15, -0.1) is 11.3 Å². The van der Waals surface area contributed by atoms with Crippen molar-refractivity contribution in [2.24, 2.45) is 5.41 Å². The van der Waals surface area contributed by atoms with Crippen molar-refractivity contribution in [3.05, 3.63) is 65.2 Å². The second-order valence-electron chi connectivity index (χ2n) is 8.82. The molecule has 5 rings (SSSR count). The van der Waals surface area contributed by atoms with Crippen molar-refractivity contribution < 1.29 is 4.42 Å². The topological polar surface area (TPSA) is 26.0 Å². The summed E-state index contributed by atoms with van der Waals surface area (Å²) in [5.41, 5.74) is 6.74. The third-order valence-corrected chi connectivity index (χ3v) is 6.16. The minimum absolute atomic E-state index is 0.237. The van der Waals surface area contributed by atoms with Crippen LogP contribution in [0.4, 0.5) is 0 Å². The van der Waals surface area contributed by atoms with Crippen molar-refractivity contribution >= 4 is 43.4 Å². The zero-order valence-electron chi connectivity index (χ0n) is 16.7. The fourth-order valence-electron chi connectivity index (χ4n) is 3.93. The maximum absolute atomic E-state index is 6.35. The molecule has 3 heteroatoms. The number of pyridine rings is 1. The molecule has 3 aromatic heterocycles. The molecule has 0 aliphatic carbocycles. The molecule has 0 fully saturated rings. The number of benzene rings is 2. The van der Waals surface area contributed by atoms with Crippen LogP contribution in [0.25, 0.3) is 43.3 Å². The lowest BCUT2D eigenvalue weighted by atomic mass is 9.86. The average Bonchev–Trinajstić information content (AvgIpc) is 3.23. The molecule has 0 aliphatic heterocycles. The average molecular weight is 386 g/mol. The number of rotatable bonds is 2. The summed E-state index contributed by atoms with van der Waals surface area (Å²) in [6, 6.07) is 15.2. The fourth-order valence-corrected chi connectivity index (χ4v) is 4.74. The Labute approximate surface area is 168 Å². The second kappa shape index (κ2) is 6.18. The first kappa shape index (κ1) is 17.4. The van der Waals surface area contributed by atoms with E-state index in [2.05, 4.69) is 75.5 Å². The number of thiophene rings is 1. The van der Waals surface area contributed by atoms with E-state index in [0.717, 1.165) is 34.2 Å². The van der Waals surface area contributed by atoms with Crippen LogP contribution in [0.3, 0.4) is 0 Å². The third kappa shape index (κ3) is 2.91. The van der Waals surface area contributed by atoms with Gasteiger partial charge in [0.1, 0.15) is 11.2 Å². The standard InChI is InChI=1S/C25H23NOS/c1-15-14-26-21(10-17(15)13-25(2,3)4)19-7-5-6-18-20-12-23-16(8-9-28-23)11-22(20)27-24(18)19/h5-12,14H,13H2,1-4H3. The summed E-state index contributed by atoms with van der Waals surface area (Å²) in [6.07, 6.45) is 3.02. The molecule has 0 aliphatic rings. The molecular formula is C25H23NOS. The first-order chi connectivity index (χ1) is 13.4. The van der Waals surface area contributed by atoms with Crippen molar-refractivity contribution in [2.45, 2.75) is 34.1 Å². The van der Waals surface area contributed by atoms with Gasteiger partial charge in [-0.3, -0.25) is 4.98 Å². The largest absolute Gasteiger partial charge is 0.455 e. The maximum Gasteiger partial charge on any atom is 0.144 e. The minimum Gasteiger partial charge on any atom is -0.455 e. The number of hydrogen-bond acceptors (Lipinski definition) is 3. The highest BCUT2D eigenvalue weighted by Crippen LogP contribution is 2.38. The normalized spacial score (nSPS) is 12.4. The molecule has 0 unspecified atom stereocenters. The highest BCUT2D eigenvalue weighted by Gasteiger charge is 2.17. The zero-order valence-corrected chi connectivity index (χ0v) is 17.5. The number of para-hydroxylation sites is 1. The Morgan fingerprint density at radius 3 is 2.71 bits per heavy atom. The van der Waals surface area contributed by atoms with Gasteiger partial charge in [0, 0.05) is 27.2 Å². The van der Waals surface area contributed by atoms with Crippen LogP contribution >= 0.6 is 11.3 Å². The number of fused-ring (bicyclic) bond motifs is 4. The first-order valence-electron chi connectivity index (χ1n) is 9.67. The zero-order chi connectivity index (χ0) is 19.5. The Balaban J connectivity index is 1.73. The number of furan rings is 1. The van der Waals surface area contributed by atoms with Crippen LogP contribution in [-0.4, -0.2) is 4.98 Å². The highest BCUT2D eigenvalue weighted by molar-refractivity contribution is 7.17. The summed E-state index contributed by atoms with van der Waals surface area (Å²) < 4.78 is 7.64. The van der Waals surface area contributed by atoms with Gasteiger partial charge in [-0.05, 0) is 71.0 Å². The van der Waals surface area contributed by atoms with Gasteiger partial charge in [0.15, 0.2) is 0 Å². The van der Waals surface area contributed by atoms with E-state index in [-0.39, 0.29) is 5.41 Å². The maximum atomic E-state index is 6.35. The smallest absolute Gasteiger partial charge is 0.144 e. The molecule has 0 saturated heterocycles. The van der Waals surface area contributed by atoms with Crippen LogP contribution < -0.4 is 0 Å². The molecule has 140 valence electrons. The summed E-state index contributed by atoms with van der Waals surface area (Å²) in [6.45, 7) is 8.97. The van der Waals surface area contributed by atoms with Gasteiger partial charge in [-0.1, -0.05) is 32.9 Å². The van der Waals surface area contributed by atoms with Gasteiger partial charge < -0.3 is 4.42 Å². The molecule has 0 N–H and O–H groups in total. The summed E-state index contributed by atoms with van der Waals surface area (Å²) in [7, 11) is 0. The van der Waals surface area contributed by atoms with E-state index < -0.39 is 0 Å². The van der Waals surface area contributed by atoms with Crippen LogP contribution in [0.1, 0.15) is 31.9 Å². The van der Waals surface area contributed by atoms with Crippen molar-refractivity contribution in [1.82, 2.24) is 4.98 Å². The summed E-state index contributed by atoms with van der Waals surface area (Å²) in [5.74, 6) is 0. The monoisotopic (exact) mass is 385 g/mol. The number of hydrogen-bond donors (Lipinski definition) is 0. The molecule has 0 bridgehead atoms. The van der Waals surface area contributed by atoms with Crippen LogP contribution in [-0.2, 0) is 6.42 Å². The summed E-state index contributed by atoms with van der Waals surface area (Å²) in [5, 5.41) is 5.69. The Morgan fingerprint density at radius 2 is 1.89 bits per heavy atom. The number of aromatic nitrogens is 1. The molecule has 0 spiro atoms. The van der Waals surface area contributed by atoms with Gasteiger partial charge >= 0.3 is 0 Å². The van der Waals surface area contributed by atoms with Crippen molar-refractivity contribution in [1.29, 1.82) is 0 Å². The van der Waals surface area contributed by atoms with E-state index in [1.165, 1.54) is 26.6 Å². The van der Waals surface area contributed by atoms with Crippen LogP contribution in [0.5, 0.6) is 0 Å². The quantitative estimate of drug-likeness (QED) is 0.310. The highest BCUT2D eigenvalue weighted by atomic mass is 32.1. The Hall–Kier alpha value is -2.65. The SMILES string of the molecule is Cc1cnc(-c2cccc3c2oc2cc4ccsc4cc23)cc1CC(C)(C)C. The Morgan fingerprint density at radius 1 is 1.04 bits per heavy atom. The lowest BCUT2D eigenvalue weighted by molar-refractivity contribution is 0.410. The molecule has 0 saturated carbocycles. The van der Waals surface area contributed by atoms with Gasteiger partial charge in [0.2, 0.25) is 0 Å². The Kier molecular flexibility index (Phi) is 3.85. The summed E-state index contributed by atoms with van der Waals surface area (Å²) >= 11 is 1.77. The molecule has 0 radical (unpaired) electrons. The van der Waals surface area contributed by atoms with Crippen LogP contribution in [0.15, 0.2) is 58.5 Å².